The zero-order valence-corrected chi connectivity index (χ0v) is 21.3. The molecule has 2 aliphatic heterocycles. The van der Waals surface area contributed by atoms with Crippen molar-refractivity contribution >= 4 is 17.4 Å². The van der Waals surface area contributed by atoms with Gasteiger partial charge in [-0.25, -0.2) is 0 Å². The summed E-state index contributed by atoms with van der Waals surface area (Å²) in [7, 11) is 0. The second kappa shape index (κ2) is 10.5. The van der Waals surface area contributed by atoms with Gasteiger partial charge in [0, 0.05) is 12.0 Å². The van der Waals surface area contributed by atoms with Gasteiger partial charge in [0.15, 0.2) is 11.5 Å². The van der Waals surface area contributed by atoms with Crippen LogP contribution in [0.15, 0.2) is 77.4 Å². The smallest absolute Gasteiger partial charge is 0.296 e. The molecule has 0 saturated carbocycles. The number of ether oxygens (including phenoxy) is 3. The van der Waals surface area contributed by atoms with E-state index in [-0.39, 0.29) is 30.6 Å². The number of hydrogen-bond acceptors (Lipinski definition) is 7. The van der Waals surface area contributed by atoms with Gasteiger partial charge >= 0.3 is 0 Å². The third-order valence-corrected chi connectivity index (χ3v) is 6.56. The molecule has 1 N–H and O–H groups in total. The minimum absolute atomic E-state index is 0.00400. The van der Waals surface area contributed by atoms with E-state index in [1.807, 2.05) is 19.9 Å². The lowest BCUT2D eigenvalue weighted by Gasteiger charge is -2.25. The molecule has 8 nitrogen and oxygen atoms in total. The minimum atomic E-state index is -0.879. The number of benzene rings is 2. The highest BCUT2D eigenvalue weighted by Crippen LogP contribution is 2.43. The molecular weight excluding hydrogens is 486 g/mol. The molecule has 38 heavy (non-hydrogen) atoms. The first-order chi connectivity index (χ1) is 18.4. The van der Waals surface area contributed by atoms with Crippen LogP contribution in [0.5, 0.6) is 17.2 Å². The molecule has 2 aromatic carbocycles. The Bertz CT molecular complexity index is 1410. The fraction of sp³-hybridized carbons (Fsp3) is 0.267. The maximum Gasteiger partial charge on any atom is 0.296 e. The second-order valence-electron chi connectivity index (χ2n) is 9.20. The summed E-state index contributed by atoms with van der Waals surface area (Å²) in [6.45, 7) is 8.23. The second-order valence-corrected chi connectivity index (χ2v) is 9.20. The molecule has 3 heterocycles. The van der Waals surface area contributed by atoms with Gasteiger partial charge in [-0.1, -0.05) is 18.7 Å². The van der Waals surface area contributed by atoms with Gasteiger partial charge in [-0.2, -0.15) is 0 Å². The number of amides is 1. The number of carbonyl (C=O) groups is 2. The Labute approximate surface area is 220 Å². The number of carbonyl (C=O) groups excluding carboxylic acids is 2. The first-order valence-electron chi connectivity index (χ1n) is 12.5. The number of ketones is 1. The van der Waals surface area contributed by atoms with E-state index in [1.54, 1.807) is 48.5 Å². The van der Waals surface area contributed by atoms with Crippen LogP contribution in [0.25, 0.3) is 5.76 Å². The summed E-state index contributed by atoms with van der Waals surface area (Å²) >= 11 is 0. The average Bonchev–Trinajstić information content (AvgIpc) is 3.62. The van der Waals surface area contributed by atoms with Crippen molar-refractivity contribution in [3.63, 3.8) is 0 Å². The summed E-state index contributed by atoms with van der Waals surface area (Å²) in [5.74, 6) is 0.481. The number of fused-ring (bicyclic) bond motifs is 1. The van der Waals surface area contributed by atoms with Crippen molar-refractivity contribution in [3.8, 4) is 17.2 Å². The zero-order valence-electron chi connectivity index (χ0n) is 21.3. The van der Waals surface area contributed by atoms with Crippen molar-refractivity contribution in [2.45, 2.75) is 39.0 Å². The van der Waals surface area contributed by atoms with Crippen molar-refractivity contribution in [1.82, 2.24) is 4.90 Å². The predicted molar refractivity (Wildman–Crippen MR) is 140 cm³/mol. The summed E-state index contributed by atoms with van der Waals surface area (Å²) in [5.41, 5.74) is 1.96. The van der Waals surface area contributed by atoms with Gasteiger partial charge in [0.05, 0.1) is 31.0 Å². The highest BCUT2D eigenvalue weighted by molar-refractivity contribution is 6.46. The van der Waals surface area contributed by atoms with Crippen LogP contribution in [-0.4, -0.2) is 41.0 Å². The Balaban J connectivity index is 1.63. The number of aliphatic hydroxyl groups is 1. The Morgan fingerprint density at radius 1 is 1.16 bits per heavy atom. The molecule has 1 saturated heterocycles. The molecular formula is C30H29NO7. The van der Waals surface area contributed by atoms with Gasteiger partial charge in [0.25, 0.3) is 11.7 Å². The van der Waals surface area contributed by atoms with Gasteiger partial charge in [-0.3, -0.25) is 9.59 Å². The molecule has 1 fully saturated rings. The van der Waals surface area contributed by atoms with Crippen molar-refractivity contribution < 1.29 is 33.3 Å². The molecule has 0 bridgehead atoms. The molecule has 1 amide bonds. The quantitative estimate of drug-likeness (QED) is 0.181. The summed E-state index contributed by atoms with van der Waals surface area (Å²) < 4.78 is 22.8. The van der Waals surface area contributed by atoms with Gasteiger partial charge < -0.3 is 28.6 Å². The monoisotopic (exact) mass is 515 g/mol. The maximum absolute atomic E-state index is 13.4. The molecule has 8 heteroatoms. The van der Waals surface area contributed by atoms with Crippen LogP contribution in [-0.2, 0) is 22.6 Å². The fourth-order valence-corrected chi connectivity index (χ4v) is 4.92. The first-order valence-corrected chi connectivity index (χ1v) is 12.5. The van der Waals surface area contributed by atoms with Crippen molar-refractivity contribution in [2.75, 3.05) is 13.2 Å². The van der Waals surface area contributed by atoms with Crippen LogP contribution in [0.3, 0.4) is 0 Å². The topological polar surface area (TPSA) is 98.4 Å². The number of rotatable bonds is 9. The first kappa shape index (κ1) is 25.2. The lowest BCUT2D eigenvalue weighted by molar-refractivity contribution is -0.140. The van der Waals surface area contributed by atoms with Crippen molar-refractivity contribution in [1.29, 1.82) is 0 Å². The molecule has 2 atom stereocenters. The average molecular weight is 516 g/mol. The number of likely N-dealkylation sites (tertiary alicyclic amines) is 1. The van der Waals surface area contributed by atoms with Crippen LogP contribution in [0.2, 0.25) is 0 Å². The molecule has 0 radical (unpaired) electrons. The summed E-state index contributed by atoms with van der Waals surface area (Å²) in [5, 5.41) is 11.5. The van der Waals surface area contributed by atoms with E-state index in [4.69, 9.17) is 18.6 Å². The van der Waals surface area contributed by atoms with E-state index in [0.29, 0.717) is 41.4 Å². The normalized spacial score (nSPS) is 19.8. The zero-order chi connectivity index (χ0) is 26.8. The highest BCUT2D eigenvalue weighted by Gasteiger charge is 2.46. The Kier molecular flexibility index (Phi) is 6.96. The predicted octanol–water partition coefficient (Wildman–Crippen LogP) is 5.19. The molecule has 196 valence electrons. The van der Waals surface area contributed by atoms with E-state index in [0.717, 1.165) is 11.3 Å². The van der Waals surface area contributed by atoms with E-state index >= 15 is 0 Å². The van der Waals surface area contributed by atoms with Crippen molar-refractivity contribution in [3.05, 3.63) is 95.5 Å². The summed E-state index contributed by atoms with van der Waals surface area (Å²) in [6, 6.07) is 13.1. The molecule has 0 aliphatic carbocycles. The van der Waals surface area contributed by atoms with E-state index < -0.39 is 17.7 Å². The minimum Gasteiger partial charge on any atom is -0.507 e. The molecule has 5 rings (SSSR count). The van der Waals surface area contributed by atoms with E-state index in [2.05, 4.69) is 6.58 Å². The molecule has 2 aliphatic rings. The van der Waals surface area contributed by atoms with Gasteiger partial charge in [-0.05, 0) is 67.4 Å². The highest BCUT2D eigenvalue weighted by atomic mass is 16.5. The number of nitrogens with zero attached hydrogens (tertiary/aromatic N) is 1. The lowest BCUT2D eigenvalue weighted by atomic mass is 9.94. The van der Waals surface area contributed by atoms with E-state index in [9.17, 15) is 14.7 Å². The molecule has 2 unspecified atom stereocenters. The molecule has 1 aromatic heterocycles. The lowest BCUT2D eigenvalue weighted by Crippen LogP contribution is -2.29. The Morgan fingerprint density at radius 3 is 2.74 bits per heavy atom. The van der Waals surface area contributed by atoms with Crippen LogP contribution in [0, 0.1) is 0 Å². The summed E-state index contributed by atoms with van der Waals surface area (Å²) in [4.78, 5) is 28.1. The number of hydrogen-bond donors (Lipinski definition) is 1. The Hall–Kier alpha value is -4.46. The van der Waals surface area contributed by atoms with Gasteiger partial charge in [0.2, 0.25) is 0 Å². The number of furan rings is 1. The molecule has 0 spiro atoms. The maximum atomic E-state index is 13.4. The third kappa shape index (κ3) is 4.65. The van der Waals surface area contributed by atoms with Crippen LogP contribution >= 0.6 is 0 Å². The number of aliphatic hydroxyl groups excluding tert-OH is 1. The van der Waals surface area contributed by atoms with E-state index in [1.165, 1.54) is 11.2 Å². The molecule has 3 aromatic rings. The number of Topliss-reactive ketones (excluding diaryl/α,β-unsaturated/α-hetero) is 1. The third-order valence-electron chi connectivity index (χ3n) is 6.56. The van der Waals surface area contributed by atoms with Crippen LogP contribution in [0.4, 0.5) is 0 Å². The fourth-order valence-electron chi connectivity index (χ4n) is 4.92. The van der Waals surface area contributed by atoms with Gasteiger partial charge in [-0.15, -0.1) is 0 Å². The van der Waals surface area contributed by atoms with Crippen LogP contribution < -0.4 is 14.2 Å². The van der Waals surface area contributed by atoms with Crippen molar-refractivity contribution in [2.24, 2.45) is 0 Å². The Morgan fingerprint density at radius 2 is 2.00 bits per heavy atom. The SMILES string of the molecule is C=CCOc1ccc(C2/C(=C(\O)c3ccc4c(c3)CC(C)O4)C(=O)C(=O)N2Cc2ccco2)cc1OCC. The van der Waals surface area contributed by atoms with Gasteiger partial charge in [0.1, 0.15) is 30.0 Å². The largest absolute Gasteiger partial charge is 0.507 e. The standard InChI is InChI=1S/C30H29NO7/c1-4-12-37-24-11-8-19(16-25(24)35-5-2)27-26(29(33)30(34)31(27)17-22-7-6-13-36-22)28(32)20-9-10-23-21(15-20)14-18(3)38-23/h4,6-11,13,15-16,18,27,32H,1,5,12,14,17H2,2-3H3/b28-26+. The van der Waals surface area contributed by atoms with Crippen LogP contribution in [0.1, 0.15) is 42.3 Å². The summed E-state index contributed by atoms with van der Waals surface area (Å²) in [6.07, 6.45) is 3.86.